The zero-order valence-corrected chi connectivity index (χ0v) is 11.8. The highest BCUT2D eigenvalue weighted by Gasteiger charge is 2.09. The maximum Gasteiger partial charge on any atom is 0.153 e. The van der Waals surface area contributed by atoms with Crippen LogP contribution in [0, 0.1) is 0 Å². The third-order valence-electron chi connectivity index (χ3n) is 3.33. The zero-order chi connectivity index (χ0) is 14.4. The summed E-state index contributed by atoms with van der Waals surface area (Å²) in [7, 11) is 0. The maximum absolute atomic E-state index is 8.73. The van der Waals surface area contributed by atoms with E-state index < -0.39 is 0 Å². The Labute approximate surface area is 119 Å². The quantitative estimate of drug-likeness (QED) is 0.367. The van der Waals surface area contributed by atoms with Gasteiger partial charge < -0.3 is 10.9 Å². The highest BCUT2D eigenvalue weighted by molar-refractivity contribution is 5.85. The van der Waals surface area contributed by atoms with Gasteiger partial charge in [0.25, 0.3) is 0 Å². The van der Waals surface area contributed by atoms with Crippen molar-refractivity contribution in [2.24, 2.45) is 10.9 Å². The molecule has 0 bridgehead atoms. The number of rotatable bonds is 6. The Hall–Kier alpha value is -2.07. The van der Waals surface area contributed by atoms with Gasteiger partial charge in [-0.05, 0) is 29.3 Å². The fraction of sp³-hybridized carbons (Fsp3) is 0.312. The standard InChI is InChI=1S/C16H21N3O/c1-2-10-19(12-16(17)18-20)11-14-8-5-7-13-6-3-4-9-15(13)14/h3-9,20H,2,10-12H2,1H3,(H2,17,18). The topological polar surface area (TPSA) is 61.8 Å². The molecule has 20 heavy (non-hydrogen) atoms. The van der Waals surface area contributed by atoms with Gasteiger partial charge >= 0.3 is 0 Å². The summed E-state index contributed by atoms with van der Waals surface area (Å²) in [6, 6.07) is 14.7. The summed E-state index contributed by atoms with van der Waals surface area (Å²) in [5, 5.41) is 14.3. The van der Waals surface area contributed by atoms with Crippen molar-refractivity contribution < 1.29 is 5.21 Å². The molecule has 0 aromatic heterocycles. The first kappa shape index (κ1) is 14.3. The second-order valence-corrected chi connectivity index (χ2v) is 4.94. The van der Waals surface area contributed by atoms with Crippen LogP contribution in [0.4, 0.5) is 0 Å². The van der Waals surface area contributed by atoms with Crippen LogP contribution >= 0.6 is 0 Å². The van der Waals surface area contributed by atoms with E-state index in [4.69, 9.17) is 10.9 Å². The molecule has 0 spiro atoms. The Morgan fingerprint density at radius 2 is 1.95 bits per heavy atom. The van der Waals surface area contributed by atoms with Crippen LogP contribution < -0.4 is 5.73 Å². The van der Waals surface area contributed by atoms with Crippen molar-refractivity contribution in [3.8, 4) is 0 Å². The van der Waals surface area contributed by atoms with Crippen molar-refractivity contribution in [3.63, 3.8) is 0 Å². The molecule has 0 aliphatic carbocycles. The summed E-state index contributed by atoms with van der Waals surface area (Å²) in [5.41, 5.74) is 6.89. The Morgan fingerprint density at radius 3 is 2.70 bits per heavy atom. The molecule has 2 aromatic carbocycles. The lowest BCUT2D eigenvalue weighted by Crippen LogP contribution is -2.34. The average molecular weight is 271 g/mol. The molecule has 0 atom stereocenters. The Balaban J connectivity index is 2.24. The summed E-state index contributed by atoms with van der Waals surface area (Å²) in [6.07, 6.45) is 1.03. The van der Waals surface area contributed by atoms with Crippen LogP contribution in [0.25, 0.3) is 10.8 Å². The second-order valence-electron chi connectivity index (χ2n) is 4.94. The minimum absolute atomic E-state index is 0.249. The summed E-state index contributed by atoms with van der Waals surface area (Å²) in [5.74, 6) is 0.249. The molecule has 0 heterocycles. The van der Waals surface area contributed by atoms with Crippen molar-refractivity contribution >= 4 is 16.6 Å². The van der Waals surface area contributed by atoms with Gasteiger partial charge in [-0.2, -0.15) is 0 Å². The van der Waals surface area contributed by atoms with Gasteiger partial charge in [-0.15, -0.1) is 0 Å². The molecule has 0 amide bonds. The predicted octanol–water partition coefficient (Wildman–Crippen LogP) is 2.80. The third kappa shape index (κ3) is 3.48. The van der Waals surface area contributed by atoms with Gasteiger partial charge in [-0.25, -0.2) is 0 Å². The molecule has 0 fully saturated rings. The average Bonchev–Trinajstić information content (AvgIpc) is 2.47. The molecule has 0 radical (unpaired) electrons. The minimum Gasteiger partial charge on any atom is -0.409 e. The summed E-state index contributed by atoms with van der Waals surface area (Å²) >= 11 is 0. The van der Waals surface area contributed by atoms with Gasteiger partial charge in [0.1, 0.15) is 0 Å². The molecule has 2 aromatic rings. The summed E-state index contributed by atoms with van der Waals surface area (Å²) < 4.78 is 0. The number of amidine groups is 1. The SMILES string of the molecule is CCCN(CC(N)=NO)Cc1cccc2ccccc12. The molecule has 2 rings (SSSR count). The summed E-state index contributed by atoms with van der Waals surface area (Å²) in [6.45, 7) is 4.32. The zero-order valence-electron chi connectivity index (χ0n) is 11.8. The lowest BCUT2D eigenvalue weighted by Gasteiger charge is -2.21. The van der Waals surface area contributed by atoms with E-state index in [2.05, 4.69) is 53.4 Å². The number of fused-ring (bicyclic) bond motifs is 1. The lowest BCUT2D eigenvalue weighted by atomic mass is 10.0. The number of hydrogen-bond donors (Lipinski definition) is 2. The first-order valence-corrected chi connectivity index (χ1v) is 6.90. The first-order chi connectivity index (χ1) is 9.74. The van der Waals surface area contributed by atoms with E-state index in [0.29, 0.717) is 6.54 Å². The van der Waals surface area contributed by atoms with Crippen molar-refractivity contribution in [2.45, 2.75) is 19.9 Å². The van der Waals surface area contributed by atoms with Crippen LogP contribution in [-0.2, 0) is 6.54 Å². The van der Waals surface area contributed by atoms with E-state index in [1.54, 1.807) is 0 Å². The number of hydrogen-bond acceptors (Lipinski definition) is 3. The molecule has 0 aliphatic rings. The fourth-order valence-electron chi connectivity index (χ4n) is 2.46. The highest BCUT2D eigenvalue weighted by atomic mass is 16.4. The molecule has 106 valence electrons. The van der Waals surface area contributed by atoms with Crippen molar-refractivity contribution in [3.05, 3.63) is 48.0 Å². The van der Waals surface area contributed by atoms with Crippen LogP contribution in [-0.4, -0.2) is 29.0 Å². The molecular weight excluding hydrogens is 250 g/mol. The Bertz CT molecular complexity index is 590. The Kier molecular flexibility index (Phi) is 4.96. The molecule has 0 saturated heterocycles. The van der Waals surface area contributed by atoms with Gasteiger partial charge in [0.15, 0.2) is 5.84 Å². The third-order valence-corrected chi connectivity index (χ3v) is 3.33. The largest absolute Gasteiger partial charge is 0.409 e. The number of benzene rings is 2. The molecule has 4 heteroatoms. The van der Waals surface area contributed by atoms with E-state index in [9.17, 15) is 0 Å². The highest BCUT2D eigenvalue weighted by Crippen LogP contribution is 2.20. The van der Waals surface area contributed by atoms with Crippen molar-refractivity contribution in [2.75, 3.05) is 13.1 Å². The Morgan fingerprint density at radius 1 is 1.20 bits per heavy atom. The molecule has 0 saturated carbocycles. The van der Waals surface area contributed by atoms with Crippen LogP contribution in [0.5, 0.6) is 0 Å². The monoisotopic (exact) mass is 271 g/mol. The smallest absolute Gasteiger partial charge is 0.153 e. The molecular formula is C16H21N3O. The van der Waals surface area contributed by atoms with Crippen LogP contribution in [0.2, 0.25) is 0 Å². The second kappa shape index (κ2) is 6.91. The maximum atomic E-state index is 8.73. The molecule has 3 N–H and O–H groups in total. The number of nitrogens with two attached hydrogens (primary N) is 1. The van der Waals surface area contributed by atoms with Gasteiger partial charge in [0.05, 0.1) is 6.54 Å². The minimum atomic E-state index is 0.249. The van der Waals surface area contributed by atoms with E-state index in [1.165, 1.54) is 16.3 Å². The van der Waals surface area contributed by atoms with Crippen LogP contribution in [0.15, 0.2) is 47.6 Å². The molecule has 4 nitrogen and oxygen atoms in total. The number of oxime groups is 1. The van der Waals surface area contributed by atoms with Crippen LogP contribution in [0.1, 0.15) is 18.9 Å². The number of nitrogens with zero attached hydrogens (tertiary/aromatic N) is 2. The lowest BCUT2D eigenvalue weighted by molar-refractivity contribution is 0.286. The van der Waals surface area contributed by atoms with Gasteiger partial charge in [0, 0.05) is 6.54 Å². The summed E-state index contributed by atoms with van der Waals surface area (Å²) in [4.78, 5) is 2.19. The van der Waals surface area contributed by atoms with Gasteiger partial charge in [-0.1, -0.05) is 54.5 Å². The van der Waals surface area contributed by atoms with Crippen molar-refractivity contribution in [1.29, 1.82) is 0 Å². The van der Waals surface area contributed by atoms with Gasteiger partial charge in [-0.3, -0.25) is 4.90 Å². The first-order valence-electron chi connectivity index (χ1n) is 6.90. The van der Waals surface area contributed by atoms with E-state index in [1.807, 2.05) is 6.07 Å². The van der Waals surface area contributed by atoms with E-state index in [-0.39, 0.29) is 5.84 Å². The van der Waals surface area contributed by atoms with E-state index >= 15 is 0 Å². The predicted molar refractivity (Wildman–Crippen MR) is 82.9 cm³/mol. The van der Waals surface area contributed by atoms with E-state index in [0.717, 1.165) is 19.5 Å². The normalized spacial score (nSPS) is 12.2. The fourth-order valence-corrected chi connectivity index (χ4v) is 2.46. The van der Waals surface area contributed by atoms with Gasteiger partial charge in [0.2, 0.25) is 0 Å². The van der Waals surface area contributed by atoms with Crippen LogP contribution in [0.3, 0.4) is 0 Å². The van der Waals surface area contributed by atoms with Crippen molar-refractivity contribution in [1.82, 2.24) is 4.90 Å². The molecule has 0 unspecified atom stereocenters. The molecule has 0 aliphatic heterocycles.